The molecule has 0 amide bonds. The van der Waals surface area contributed by atoms with Crippen molar-refractivity contribution in [1.29, 1.82) is 0 Å². The molecule has 0 bridgehead atoms. The molecule has 1 aromatic rings. The highest BCUT2D eigenvalue weighted by Gasteiger charge is 2.29. The van der Waals surface area contributed by atoms with E-state index in [-0.39, 0.29) is 5.92 Å². The van der Waals surface area contributed by atoms with Gasteiger partial charge in [0.05, 0.1) is 0 Å². The Balaban J connectivity index is 2.11. The Morgan fingerprint density at radius 2 is 1.59 bits per heavy atom. The Bertz CT molecular complexity index is 386. The topological polar surface area (TPSA) is 17.1 Å². The summed E-state index contributed by atoms with van der Waals surface area (Å²) in [5.74, 6) is 1.97. The van der Waals surface area contributed by atoms with Crippen LogP contribution < -0.4 is 0 Å². The van der Waals surface area contributed by atoms with Crippen molar-refractivity contribution in [2.24, 2.45) is 17.8 Å². The maximum absolute atomic E-state index is 12.4. The Morgan fingerprint density at radius 1 is 1.06 bits per heavy atom. The molecule has 1 nitrogen and oxygen atoms in total. The molecule has 2 atom stereocenters. The third-order valence-corrected chi connectivity index (χ3v) is 4.40. The molecule has 0 heterocycles. The van der Waals surface area contributed by atoms with Gasteiger partial charge in [-0.25, -0.2) is 0 Å². The number of halogens is 1. The zero-order valence-corrected chi connectivity index (χ0v) is 12.6. The maximum atomic E-state index is 12.4. The highest BCUT2D eigenvalue weighted by Crippen LogP contribution is 2.34. The van der Waals surface area contributed by atoms with Gasteiger partial charge >= 0.3 is 0 Å². The lowest BCUT2D eigenvalue weighted by molar-refractivity contribution is 0.0836. The molecule has 1 aliphatic rings. The van der Waals surface area contributed by atoms with Crippen LogP contribution in [0.15, 0.2) is 24.3 Å². The molecule has 1 saturated carbocycles. The van der Waals surface area contributed by atoms with Crippen LogP contribution in [0.5, 0.6) is 0 Å². The van der Waals surface area contributed by atoms with Crippen molar-refractivity contribution in [3.05, 3.63) is 33.4 Å². The molecule has 2 heteroatoms. The number of Topliss-reactive ketones (excluding diaryl/α,β-unsaturated/α-hetero) is 1. The summed E-state index contributed by atoms with van der Waals surface area (Å²) in [4.78, 5) is 12.4. The quantitative estimate of drug-likeness (QED) is 0.569. The molecule has 0 aliphatic heterocycles. The summed E-state index contributed by atoms with van der Waals surface area (Å²) in [6.07, 6.45) is 3.40. The molecule has 0 radical (unpaired) electrons. The Hall–Kier alpha value is -0.380. The lowest BCUT2D eigenvalue weighted by Crippen LogP contribution is -2.26. The SMILES string of the molecule is CC1CC(C)CC(C(=O)c2ccc(I)cc2)C1. The largest absolute Gasteiger partial charge is 0.294 e. The van der Waals surface area contributed by atoms with E-state index in [2.05, 4.69) is 36.4 Å². The summed E-state index contributed by atoms with van der Waals surface area (Å²) >= 11 is 2.27. The van der Waals surface area contributed by atoms with E-state index in [9.17, 15) is 4.79 Å². The normalized spacial score (nSPS) is 29.0. The van der Waals surface area contributed by atoms with E-state index in [0.29, 0.717) is 17.6 Å². The van der Waals surface area contributed by atoms with Crippen LogP contribution in [0.25, 0.3) is 0 Å². The summed E-state index contributed by atoms with van der Waals surface area (Å²) in [5, 5.41) is 0. The third-order valence-electron chi connectivity index (χ3n) is 3.68. The van der Waals surface area contributed by atoms with Crippen molar-refractivity contribution in [3.63, 3.8) is 0 Å². The summed E-state index contributed by atoms with van der Waals surface area (Å²) < 4.78 is 1.18. The number of benzene rings is 1. The number of rotatable bonds is 2. The Labute approximate surface area is 117 Å². The molecule has 92 valence electrons. The summed E-state index contributed by atoms with van der Waals surface area (Å²) in [5.41, 5.74) is 0.886. The molecule has 1 aliphatic carbocycles. The summed E-state index contributed by atoms with van der Waals surface area (Å²) in [6, 6.07) is 7.97. The van der Waals surface area contributed by atoms with Gasteiger partial charge in [-0.15, -0.1) is 0 Å². The fourth-order valence-electron chi connectivity index (χ4n) is 3.01. The van der Waals surface area contributed by atoms with Crippen LogP contribution in [0.4, 0.5) is 0 Å². The molecule has 0 saturated heterocycles. The molecule has 0 aromatic heterocycles. The lowest BCUT2D eigenvalue weighted by atomic mass is 9.74. The van der Waals surface area contributed by atoms with Gasteiger partial charge in [-0.3, -0.25) is 4.79 Å². The van der Waals surface area contributed by atoms with Crippen LogP contribution in [0.1, 0.15) is 43.5 Å². The van der Waals surface area contributed by atoms with E-state index in [4.69, 9.17) is 0 Å². The van der Waals surface area contributed by atoms with Gasteiger partial charge in [-0.05, 0) is 65.8 Å². The number of ketones is 1. The molecular formula is C15H19IO. The van der Waals surface area contributed by atoms with Crippen LogP contribution in [0, 0.1) is 21.3 Å². The van der Waals surface area contributed by atoms with E-state index < -0.39 is 0 Å². The second kappa shape index (κ2) is 5.51. The van der Waals surface area contributed by atoms with E-state index in [1.807, 2.05) is 24.3 Å². The Morgan fingerprint density at radius 3 is 2.12 bits per heavy atom. The monoisotopic (exact) mass is 342 g/mol. The molecule has 0 spiro atoms. The second-order valence-electron chi connectivity index (χ2n) is 5.49. The van der Waals surface area contributed by atoms with Crippen molar-refractivity contribution in [2.45, 2.75) is 33.1 Å². The molecule has 1 aromatic carbocycles. The second-order valence-corrected chi connectivity index (χ2v) is 6.73. The van der Waals surface area contributed by atoms with E-state index in [1.165, 1.54) is 9.99 Å². The highest BCUT2D eigenvalue weighted by atomic mass is 127. The first kappa shape index (κ1) is 13.1. The number of carbonyl (C=O) groups is 1. The highest BCUT2D eigenvalue weighted by molar-refractivity contribution is 14.1. The smallest absolute Gasteiger partial charge is 0.165 e. The first-order valence-corrected chi connectivity index (χ1v) is 7.44. The van der Waals surface area contributed by atoms with Gasteiger partial charge < -0.3 is 0 Å². The van der Waals surface area contributed by atoms with Crippen LogP contribution in [0.3, 0.4) is 0 Å². The van der Waals surface area contributed by atoms with Gasteiger partial charge in [0.2, 0.25) is 0 Å². The number of hydrogen-bond acceptors (Lipinski definition) is 1. The summed E-state index contributed by atoms with van der Waals surface area (Å²) in [7, 11) is 0. The number of carbonyl (C=O) groups excluding carboxylic acids is 1. The summed E-state index contributed by atoms with van der Waals surface area (Å²) in [6.45, 7) is 4.54. The van der Waals surface area contributed by atoms with Crippen LogP contribution in [-0.4, -0.2) is 5.78 Å². The van der Waals surface area contributed by atoms with Crippen molar-refractivity contribution in [3.8, 4) is 0 Å². The van der Waals surface area contributed by atoms with Crippen LogP contribution in [-0.2, 0) is 0 Å². The van der Waals surface area contributed by atoms with Gasteiger partial charge in [0.1, 0.15) is 0 Å². The third kappa shape index (κ3) is 3.30. The standard InChI is InChI=1S/C15H19IO/c1-10-7-11(2)9-13(8-10)15(17)12-3-5-14(16)6-4-12/h3-6,10-11,13H,7-9H2,1-2H3. The minimum Gasteiger partial charge on any atom is -0.294 e. The predicted molar refractivity (Wildman–Crippen MR) is 79.2 cm³/mol. The zero-order valence-electron chi connectivity index (χ0n) is 10.4. The van der Waals surface area contributed by atoms with Crippen molar-refractivity contribution < 1.29 is 4.79 Å². The molecule has 1 fully saturated rings. The number of hydrogen-bond donors (Lipinski definition) is 0. The van der Waals surface area contributed by atoms with Crippen LogP contribution >= 0.6 is 22.6 Å². The van der Waals surface area contributed by atoms with Gasteiger partial charge in [-0.1, -0.05) is 26.0 Å². The fraction of sp³-hybridized carbons (Fsp3) is 0.533. The van der Waals surface area contributed by atoms with Crippen molar-refractivity contribution >= 4 is 28.4 Å². The van der Waals surface area contributed by atoms with E-state index in [1.54, 1.807) is 0 Å². The van der Waals surface area contributed by atoms with Gasteiger partial charge in [-0.2, -0.15) is 0 Å². The first-order valence-electron chi connectivity index (χ1n) is 6.36. The van der Waals surface area contributed by atoms with Gasteiger partial charge in [0, 0.05) is 15.1 Å². The lowest BCUT2D eigenvalue weighted by Gasteiger charge is -2.30. The average molecular weight is 342 g/mol. The van der Waals surface area contributed by atoms with E-state index >= 15 is 0 Å². The average Bonchev–Trinajstić information content (AvgIpc) is 2.28. The molecule has 2 unspecified atom stereocenters. The predicted octanol–water partition coefficient (Wildman–Crippen LogP) is 4.55. The minimum absolute atomic E-state index is 0.244. The molecule has 0 N–H and O–H groups in total. The molecule has 2 rings (SSSR count). The molecule has 17 heavy (non-hydrogen) atoms. The van der Waals surface area contributed by atoms with Gasteiger partial charge in [0.15, 0.2) is 5.78 Å². The first-order chi connectivity index (χ1) is 8.06. The van der Waals surface area contributed by atoms with Gasteiger partial charge in [0.25, 0.3) is 0 Å². The van der Waals surface area contributed by atoms with Crippen molar-refractivity contribution in [2.75, 3.05) is 0 Å². The van der Waals surface area contributed by atoms with Crippen molar-refractivity contribution in [1.82, 2.24) is 0 Å². The Kier molecular flexibility index (Phi) is 4.23. The fourth-order valence-corrected chi connectivity index (χ4v) is 3.37. The molecular weight excluding hydrogens is 323 g/mol. The van der Waals surface area contributed by atoms with Crippen LogP contribution in [0.2, 0.25) is 0 Å². The minimum atomic E-state index is 0.244. The zero-order chi connectivity index (χ0) is 12.4. The maximum Gasteiger partial charge on any atom is 0.165 e. The van der Waals surface area contributed by atoms with E-state index in [0.717, 1.165) is 18.4 Å².